The van der Waals surface area contributed by atoms with Gasteiger partial charge in [0.25, 0.3) is 5.69 Å². The van der Waals surface area contributed by atoms with Crippen molar-refractivity contribution in [3.63, 3.8) is 0 Å². The molecule has 0 unspecified atom stereocenters. The summed E-state index contributed by atoms with van der Waals surface area (Å²) in [6, 6.07) is 18.3. The normalized spacial score (nSPS) is 12.9. The zero-order chi connectivity index (χ0) is 19.1. The topological polar surface area (TPSA) is 86.9 Å². The molecule has 0 amide bonds. The molecule has 3 aromatic carbocycles. The number of aromatic nitrogens is 1. The number of nitro benzene ring substituents is 1. The summed E-state index contributed by atoms with van der Waals surface area (Å²) < 4.78 is 10.6. The van der Waals surface area contributed by atoms with Gasteiger partial charge in [0.05, 0.1) is 33.3 Å². The SMILES string of the molecule is O=[N+]([O-])c1cc2c(cc1C=Nc1c3ccccc3nc3ccccc13)OCO2. The van der Waals surface area contributed by atoms with Crippen LogP contribution in [-0.4, -0.2) is 22.9 Å². The second-order valence-electron chi connectivity index (χ2n) is 6.27. The van der Waals surface area contributed by atoms with Crippen LogP contribution in [0.5, 0.6) is 11.5 Å². The predicted octanol–water partition coefficient (Wildman–Crippen LogP) is 4.78. The van der Waals surface area contributed by atoms with Gasteiger partial charge < -0.3 is 9.47 Å². The Morgan fingerprint density at radius 2 is 1.57 bits per heavy atom. The Balaban J connectivity index is 1.72. The average Bonchev–Trinajstić information content (AvgIpc) is 3.17. The summed E-state index contributed by atoms with van der Waals surface area (Å²) in [5, 5.41) is 13.2. The van der Waals surface area contributed by atoms with Crippen LogP contribution in [0.15, 0.2) is 65.7 Å². The van der Waals surface area contributed by atoms with Crippen molar-refractivity contribution >= 4 is 39.4 Å². The van der Waals surface area contributed by atoms with Crippen LogP contribution in [0.1, 0.15) is 5.56 Å². The first-order chi connectivity index (χ1) is 13.7. The third-order valence-corrected chi connectivity index (χ3v) is 4.61. The second kappa shape index (κ2) is 6.31. The molecule has 1 aromatic heterocycles. The molecule has 0 atom stereocenters. The van der Waals surface area contributed by atoms with E-state index in [1.807, 2.05) is 48.5 Å². The number of rotatable bonds is 3. The van der Waals surface area contributed by atoms with Crippen LogP contribution < -0.4 is 9.47 Å². The monoisotopic (exact) mass is 371 g/mol. The minimum atomic E-state index is -0.452. The maximum atomic E-state index is 11.5. The van der Waals surface area contributed by atoms with Crippen molar-refractivity contribution in [3.8, 4) is 11.5 Å². The van der Waals surface area contributed by atoms with E-state index in [-0.39, 0.29) is 12.5 Å². The van der Waals surface area contributed by atoms with E-state index < -0.39 is 4.92 Å². The summed E-state index contributed by atoms with van der Waals surface area (Å²) in [4.78, 5) is 20.3. The number of pyridine rings is 1. The molecule has 7 nitrogen and oxygen atoms in total. The predicted molar refractivity (Wildman–Crippen MR) is 106 cm³/mol. The molecule has 0 spiro atoms. The number of benzene rings is 3. The maximum Gasteiger partial charge on any atom is 0.282 e. The van der Waals surface area contributed by atoms with Crippen molar-refractivity contribution < 1.29 is 14.4 Å². The molecule has 0 saturated heterocycles. The van der Waals surface area contributed by atoms with Gasteiger partial charge in [0.2, 0.25) is 6.79 Å². The Kier molecular flexibility index (Phi) is 3.65. The van der Waals surface area contributed by atoms with Gasteiger partial charge in [0.15, 0.2) is 11.5 Å². The van der Waals surface area contributed by atoms with Gasteiger partial charge in [-0.1, -0.05) is 36.4 Å². The van der Waals surface area contributed by atoms with Gasteiger partial charge in [-0.05, 0) is 18.2 Å². The van der Waals surface area contributed by atoms with E-state index in [1.165, 1.54) is 12.3 Å². The van der Waals surface area contributed by atoms with Gasteiger partial charge >= 0.3 is 0 Å². The molecule has 5 rings (SSSR count). The number of nitro groups is 1. The molecule has 4 aromatic rings. The highest BCUT2D eigenvalue weighted by molar-refractivity contribution is 6.07. The van der Waals surface area contributed by atoms with Crippen molar-refractivity contribution in [2.45, 2.75) is 0 Å². The first-order valence-electron chi connectivity index (χ1n) is 8.60. The zero-order valence-electron chi connectivity index (χ0n) is 14.5. The fourth-order valence-electron chi connectivity index (χ4n) is 3.30. The molecule has 0 bridgehead atoms. The molecule has 0 fully saturated rings. The quantitative estimate of drug-likeness (QED) is 0.224. The summed E-state index contributed by atoms with van der Waals surface area (Å²) in [7, 11) is 0. The van der Waals surface area contributed by atoms with Gasteiger partial charge in [-0.2, -0.15) is 0 Å². The van der Waals surface area contributed by atoms with Gasteiger partial charge in [-0.15, -0.1) is 0 Å². The van der Waals surface area contributed by atoms with E-state index in [0.29, 0.717) is 22.7 Å². The summed E-state index contributed by atoms with van der Waals surface area (Å²) in [6.45, 7) is 0.0483. The second-order valence-corrected chi connectivity index (χ2v) is 6.27. The zero-order valence-corrected chi connectivity index (χ0v) is 14.5. The lowest BCUT2D eigenvalue weighted by Crippen LogP contribution is -1.95. The highest BCUT2D eigenvalue weighted by Crippen LogP contribution is 2.38. The van der Waals surface area contributed by atoms with Crippen molar-refractivity contribution in [3.05, 3.63) is 76.3 Å². The third-order valence-electron chi connectivity index (χ3n) is 4.61. The van der Waals surface area contributed by atoms with E-state index in [1.54, 1.807) is 6.07 Å². The van der Waals surface area contributed by atoms with E-state index in [2.05, 4.69) is 9.98 Å². The summed E-state index contributed by atoms with van der Waals surface area (Å²) in [5.41, 5.74) is 2.60. The first kappa shape index (κ1) is 16.2. The van der Waals surface area contributed by atoms with Gasteiger partial charge in [-0.25, -0.2) is 4.98 Å². The molecular formula is C21H13N3O4. The minimum absolute atomic E-state index is 0.0483. The minimum Gasteiger partial charge on any atom is -0.454 e. The van der Waals surface area contributed by atoms with E-state index in [4.69, 9.17) is 9.47 Å². The Morgan fingerprint density at radius 1 is 0.964 bits per heavy atom. The Hall–Kier alpha value is -4.00. The van der Waals surface area contributed by atoms with Gasteiger partial charge in [0.1, 0.15) is 0 Å². The fraction of sp³-hybridized carbons (Fsp3) is 0.0476. The van der Waals surface area contributed by atoms with E-state index in [0.717, 1.165) is 21.8 Å². The highest BCUT2D eigenvalue weighted by atomic mass is 16.7. The van der Waals surface area contributed by atoms with Crippen LogP contribution in [0.25, 0.3) is 21.8 Å². The van der Waals surface area contributed by atoms with Crippen molar-refractivity contribution in [2.24, 2.45) is 4.99 Å². The number of fused-ring (bicyclic) bond motifs is 3. The molecule has 1 aliphatic rings. The third kappa shape index (κ3) is 2.61. The van der Waals surface area contributed by atoms with Crippen LogP contribution in [0, 0.1) is 10.1 Å². The Bertz CT molecular complexity index is 1230. The van der Waals surface area contributed by atoms with Crippen molar-refractivity contribution in [1.29, 1.82) is 0 Å². The molecule has 7 heteroatoms. The largest absolute Gasteiger partial charge is 0.454 e. The number of para-hydroxylation sites is 2. The number of ether oxygens (including phenoxy) is 2. The molecule has 28 heavy (non-hydrogen) atoms. The highest BCUT2D eigenvalue weighted by Gasteiger charge is 2.22. The average molecular weight is 371 g/mol. The standard InChI is InChI=1S/C21H13N3O4/c25-24(26)18-10-20-19(27-12-28-20)9-13(18)11-22-21-14-5-1-3-7-16(14)23-17-8-4-2-6-15(17)21/h1-11H,12H2. The smallest absolute Gasteiger partial charge is 0.282 e. The van der Waals surface area contributed by atoms with E-state index in [9.17, 15) is 10.1 Å². The Labute approximate surface area is 159 Å². The van der Waals surface area contributed by atoms with Crippen LogP contribution in [0.3, 0.4) is 0 Å². The molecular weight excluding hydrogens is 358 g/mol. The Morgan fingerprint density at radius 3 is 2.21 bits per heavy atom. The number of hydrogen-bond acceptors (Lipinski definition) is 6. The first-order valence-corrected chi connectivity index (χ1v) is 8.60. The lowest BCUT2D eigenvalue weighted by molar-refractivity contribution is -0.385. The maximum absolute atomic E-state index is 11.5. The lowest BCUT2D eigenvalue weighted by atomic mass is 10.1. The van der Waals surface area contributed by atoms with Crippen LogP contribution in [0.2, 0.25) is 0 Å². The van der Waals surface area contributed by atoms with Gasteiger partial charge in [0, 0.05) is 17.0 Å². The lowest BCUT2D eigenvalue weighted by Gasteiger charge is -2.07. The number of hydrogen-bond donors (Lipinski definition) is 0. The van der Waals surface area contributed by atoms with Crippen molar-refractivity contribution in [1.82, 2.24) is 4.98 Å². The molecule has 0 aliphatic carbocycles. The molecule has 136 valence electrons. The molecule has 0 N–H and O–H groups in total. The fourth-order valence-corrected chi connectivity index (χ4v) is 3.30. The number of aliphatic imine (C=N–C) groups is 1. The van der Waals surface area contributed by atoms with Crippen molar-refractivity contribution in [2.75, 3.05) is 6.79 Å². The van der Waals surface area contributed by atoms with Crippen LogP contribution >= 0.6 is 0 Å². The summed E-state index contributed by atoms with van der Waals surface area (Å²) in [6.07, 6.45) is 1.49. The molecule has 1 aliphatic heterocycles. The van der Waals surface area contributed by atoms with Crippen LogP contribution in [0.4, 0.5) is 11.4 Å². The summed E-state index contributed by atoms with van der Waals surface area (Å²) >= 11 is 0. The molecule has 0 radical (unpaired) electrons. The number of nitrogens with zero attached hydrogens (tertiary/aromatic N) is 3. The van der Waals surface area contributed by atoms with Gasteiger partial charge in [-0.3, -0.25) is 15.1 Å². The molecule has 0 saturated carbocycles. The van der Waals surface area contributed by atoms with Crippen LogP contribution in [-0.2, 0) is 0 Å². The van der Waals surface area contributed by atoms with E-state index >= 15 is 0 Å². The molecule has 2 heterocycles. The summed E-state index contributed by atoms with van der Waals surface area (Å²) in [5.74, 6) is 0.833.